The van der Waals surface area contributed by atoms with E-state index in [-0.39, 0.29) is 28.7 Å². The minimum absolute atomic E-state index is 0.0457. The van der Waals surface area contributed by atoms with Gasteiger partial charge in [0.2, 0.25) is 5.82 Å². The first kappa shape index (κ1) is 15.7. The fourth-order valence-electron chi connectivity index (χ4n) is 2.01. The van der Waals surface area contributed by atoms with Gasteiger partial charge in [-0.25, -0.2) is 19.6 Å². The molecule has 9 heteroatoms. The van der Waals surface area contributed by atoms with Crippen LogP contribution in [0.5, 0.6) is 0 Å². The molecule has 0 unspecified atom stereocenters. The summed E-state index contributed by atoms with van der Waals surface area (Å²) >= 11 is 0. The smallest absolute Gasteiger partial charge is 0.258 e. The van der Waals surface area contributed by atoms with Crippen molar-refractivity contribution in [1.29, 1.82) is 5.41 Å². The molecule has 3 rings (SSSR count). The maximum Gasteiger partial charge on any atom is 0.258 e. The number of nitrogens with two attached hydrogens (primary N) is 1. The van der Waals surface area contributed by atoms with Gasteiger partial charge in [0.25, 0.3) is 5.89 Å². The van der Waals surface area contributed by atoms with E-state index in [1.807, 2.05) is 0 Å². The number of hydrazine groups is 1. The summed E-state index contributed by atoms with van der Waals surface area (Å²) in [4.78, 5) is 7.97. The summed E-state index contributed by atoms with van der Waals surface area (Å²) in [6.45, 7) is 0. The van der Waals surface area contributed by atoms with Crippen LogP contribution in [0.15, 0.2) is 41.1 Å². The molecule has 0 saturated carbocycles. The van der Waals surface area contributed by atoms with Gasteiger partial charge in [-0.2, -0.15) is 4.98 Å². The molecule has 122 valence electrons. The quantitative estimate of drug-likeness (QED) is 0.330. The summed E-state index contributed by atoms with van der Waals surface area (Å²) in [6, 6.07) is 6.50. The van der Waals surface area contributed by atoms with Crippen LogP contribution in [0.4, 0.5) is 8.78 Å². The minimum atomic E-state index is -0.575. The van der Waals surface area contributed by atoms with Gasteiger partial charge in [0.1, 0.15) is 23.2 Å². The van der Waals surface area contributed by atoms with E-state index in [1.165, 1.54) is 37.4 Å². The van der Waals surface area contributed by atoms with E-state index in [4.69, 9.17) is 15.8 Å². The molecular formula is C15H12F2N6O. The molecule has 1 aromatic carbocycles. The molecule has 0 aliphatic rings. The second kappa shape index (κ2) is 6.13. The highest BCUT2D eigenvalue weighted by Gasteiger charge is 2.15. The minimum Gasteiger partial charge on any atom is -0.334 e. The zero-order valence-corrected chi connectivity index (χ0v) is 12.5. The molecule has 2 heterocycles. The lowest BCUT2D eigenvalue weighted by Gasteiger charge is -2.13. The van der Waals surface area contributed by atoms with Gasteiger partial charge in [0.15, 0.2) is 0 Å². The van der Waals surface area contributed by atoms with Crippen LogP contribution >= 0.6 is 0 Å². The molecule has 0 spiro atoms. The third-order valence-corrected chi connectivity index (χ3v) is 3.15. The van der Waals surface area contributed by atoms with Gasteiger partial charge in [-0.15, -0.1) is 0 Å². The van der Waals surface area contributed by atoms with E-state index in [0.29, 0.717) is 5.69 Å². The lowest BCUT2D eigenvalue weighted by atomic mass is 10.1. The number of rotatable bonds is 3. The van der Waals surface area contributed by atoms with E-state index in [9.17, 15) is 8.78 Å². The maximum atomic E-state index is 13.8. The van der Waals surface area contributed by atoms with Crippen molar-refractivity contribution in [3.63, 3.8) is 0 Å². The normalized spacial score (nSPS) is 10.7. The zero-order chi connectivity index (χ0) is 17.3. The summed E-state index contributed by atoms with van der Waals surface area (Å²) in [6.07, 6.45) is 1.03. The highest BCUT2D eigenvalue weighted by molar-refractivity contribution is 5.96. The Balaban J connectivity index is 1.98. The van der Waals surface area contributed by atoms with E-state index >= 15 is 0 Å². The molecular weight excluding hydrogens is 318 g/mol. The first-order valence-corrected chi connectivity index (χ1v) is 6.78. The van der Waals surface area contributed by atoms with Crippen LogP contribution in [-0.4, -0.2) is 33.0 Å². The lowest BCUT2D eigenvalue weighted by molar-refractivity contribution is 0.431. The molecule has 7 nitrogen and oxygen atoms in total. The van der Waals surface area contributed by atoms with Crippen molar-refractivity contribution in [2.24, 2.45) is 5.84 Å². The average molecular weight is 330 g/mol. The third kappa shape index (κ3) is 3.10. The van der Waals surface area contributed by atoms with Crippen molar-refractivity contribution in [3.05, 3.63) is 53.7 Å². The van der Waals surface area contributed by atoms with E-state index < -0.39 is 11.6 Å². The Kier molecular flexibility index (Phi) is 4.00. The van der Waals surface area contributed by atoms with Gasteiger partial charge < -0.3 is 4.52 Å². The van der Waals surface area contributed by atoms with Gasteiger partial charge in [0.05, 0.1) is 6.20 Å². The summed E-state index contributed by atoms with van der Waals surface area (Å²) < 4.78 is 31.8. The van der Waals surface area contributed by atoms with E-state index in [2.05, 4.69) is 15.1 Å². The first-order valence-electron chi connectivity index (χ1n) is 6.78. The first-order chi connectivity index (χ1) is 11.4. The van der Waals surface area contributed by atoms with Crippen LogP contribution in [-0.2, 0) is 0 Å². The molecule has 24 heavy (non-hydrogen) atoms. The molecule has 0 aliphatic carbocycles. The third-order valence-electron chi connectivity index (χ3n) is 3.15. The zero-order valence-electron chi connectivity index (χ0n) is 12.5. The number of benzene rings is 1. The Morgan fingerprint density at radius 3 is 2.67 bits per heavy atom. The van der Waals surface area contributed by atoms with Crippen molar-refractivity contribution in [2.75, 3.05) is 7.05 Å². The van der Waals surface area contributed by atoms with Crippen molar-refractivity contribution in [1.82, 2.24) is 20.1 Å². The number of halogens is 2. The molecule has 0 saturated heterocycles. The lowest BCUT2D eigenvalue weighted by Crippen LogP contribution is -2.33. The van der Waals surface area contributed by atoms with Crippen molar-refractivity contribution in [3.8, 4) is 23.0 Å². The van der Waals surface area contributed by atoms with Gasteiger partial charge >= 0.3 is 0 Å². The highest BCUT2D eigenvalue weighted by atomic mass is 19.1. The van der Waals surface area contributed by atoms with Crippen LogP contribution in [0.1, 0.15) is 5.56 Å². The molecule has 0 aliphatic heterocycles. The fourth-order valence-corrected chi connectivity index (χ4v) is 2.01. The van der Waals surface area contributed by atoms with Crippen LogP contribution < -0.4 is 5.84 Å². The predicted octanol–water partition coefficient (Wildman–Crippen LogP) is 2.21. The molecule has 2 aromatic heterocycles. The topological polar surface area (TPSA) is 105 Å². The number of hydrogen-bond donors (Lipinski definition) is 2. The second-order valence-electron chi connectivity index (χ2n) is 4.97. The second-order valence-corrected chi connectivity index (χ2v) is 4.97. The van der Waals surface area contributed by atoms with Crippen molar-refractivity contribution in [2.45, 2.75) is 0 Å². The molecule has 0 bridgehead atoms. The summed E-state index contributed by atoms with van der Waals surface area (Å²) in [7, 11) is 1.47. The summed E-state index contributed by atoms with van der Waals surface area (Å²) in [5, 5.41) is 12.6. The number of pyridine rings is 1. The largest absolute Gasteiger partial charge is 0.334 e. The standard InChI is InChI=1S/C15H12F2N6O/c1-23(19)13(18)8-4-9(6-11(17)5-8)15-21-14(22-24-15)12-3-2-10(16)7-20-12/h2-7,18H,19H2,1H3. The Morgan fingerprint density at radius 1 is 1.21 bits per heavy atom. The van der Waals surface area contributed by atoms with Gasteiger partial charge in [0, 0.05) is 18.2 Å². The molecule has 0 radical (unpaired) electrons. The van der Waals surface area contributed by atoms with Gasteiger partial charge in [-0.3, -0.25) is 10.4 Å². The Labute approximate surface area is 135 Å². The number of nitrogens with one attached hydrogen (secondary N) is 1. The number of aromatic nitrogens is 3. The SMILES string of the molecule is CN(N)C(=N)c1cc(F)cc(-c2nc(-c3ccc(F)cn3)no2)c1. The molecule has 0 atom stereocenters. The maximum absolute atomic E-state index is 13.8. The van der Waals surface area contributed by atoms with E-state index in [1.54, 1.807) is 0 Å². The summed E-state index contributed by atoms with van der Waals surface area (Å²) in [5.74, 6) is 4.55. The highest BCUT2D eigenvalue weighted by Crippen LogP contribution is 2.23. The van der Waals surface area contributed by atoms with Crippen molar-refractivity contribution < 1.29 is 13.3 Å². The Bertz CT molecular complexity index is 891. The number of amidine groups is 1. The van der Waals surface area contributed by atoms with Gasteiger partial charge in [-0.1, -0.05) is 5.16 Å². The van der Waals surface area contributed by atoms with Crippen molar-refractivity contribution >= 4 is 5.84 Å². The average Bonchev–Trinajstić information content (AvgIpc) is 3.04. The molecule has 3 N–H and O–H groups in total. The summed E-state index contributed by atoms with van der Waals surface area (Å²) in [5.41, 5.74) is 0.865. The molecule has 0 amide bonds. The number of hydrogen-bond acceptors (Lipinski definition) is 6. The van der Waals surface area contributed by atoms with Crippen LogP contribution in [0.3, 0.4) is 0 Å². The number of nitrogens with zero attached hydrogens (tertiary/aromatic N) is 4. The van der Waals surface area contributed by atoms with Crippen LogP contribution in [0, 0.1) is 17.0 Å². The molecule has 0 fully saturated rings. The fraction of sp³-hybridized carbons (Fsp3) is 0.0667. The monoisotopic (exact) mass is 330 g/mol. The Hall–Kier alpha value is -3.20. The molecule has 3 aromatic rings. The van der Waals surface area contributed by atoms with Gasteiger partial charge in [-0.05, 0) is 30.3 Å². The Morgan fingerprint density at radius 2 is 2.00 bits per heavy atom. The van der Waals surface area contributed by atoms with E-state index in [0.717, 1.165) is 11.2 Å². The van der Waals surface area contributed by atoms with Crippen LogP contribution in [0.2, 0.25) is 0 Å². The van der Waals surface area contributed by atoms with Crippen LogP contribution in [0.25, 0.3) is 23.0 Å². The predicted molar refractivity (Wildman–Crippen MR) is 81.7 cm³/mol.